The maximum absolute atomic E-state index is 14.0. The van der Waals surface area contributed by atoms with Crippen LogP contribution < -0.4 is 11.1 Å². The van der Waals surface area contributed by atoms with Gasteiger partial charge in [-0.05, 0) is 59.4 Å². The van der Waals surface area contributed by atoms with E-state index in [1.807, 2.05) is 30.4 Å². The highest BCUT2D eigenvalue weighted by Gasteiger charge is 2.69. The van der Waals surface area contributed by atoms with Crippen molar-refractivity contribution in [2.75, 3.05) is 6.54 Å². The summed E-state index contributed by atoms with van der Waals surface area (Å²) in [7, 11) is 0. The van der Waals surface area contributed by atoms with Crippen LogP contribution in [0, 0.1) is 35.5 Å². The monoisotopic (exact) mass is 596 g/mol. The minimum atomic E-state index is -2.69. The van der Waals surface area contributed by atoms with E-state index < -0.39 is 70.1 Å². The number of fused-ring (bicyclic) bond motifs is 3. The van der Waals surface area contributed by atoms with Crippen molar-refractivity contribution < 1.29 is 34.2 Å². The highest BCUT2D eigenvalue weighted by Crippen LogP contribution is 2.53. The molecule has 2 unspecified atom stereocenters. The third-order valence-electron chi connectivity index (χ3n) is 10.0. The number of hydrogen-bond acceptors (Lipinski definition) is 8. The summed E-state index contributed by atoms with van der Waals surface area (Å²) in [6, 6.07) is 13.3. The van der Waals surface area contributed by atoms with E-state index >= 15 is 0 Å². The molecule has 4 aliphatic carbocycles. The van der Waals surface area contributed by atoms with Crippen LogP contribution in [0.4, 0.5) is 0 Å². The van der Waals surface area contributed by atoms with Crippen LogP contribution in [-0.2, 0) is 32.1 Å². The summed E-state index contributed by atoms with van der Waals surface area (Å²) in [4.78, 5) is 67.0. The number of phenols is 1. The summed E-state index contributed by atoms with van der Waals surface area (Å²) in [5, 5.41) is 26.1. The molecule has 2 aromatic carbocycles. The highest BCUT2D eigenvalue weighted by atomic mass is 16.3. The van der Waals surface area contributed by atoms with Crippen LogP contribution in [0.2, 0.25) is 0 Å². The first kappa shape index (κ1) is 29.8. The number of ketones is 4. The van der Waals surface area contributed by atoms with E-state index in [0.29, 0.717) is 18.5 Å². The molecule has 9 heteroatoms. The molecule has 44 heavy (non-hydrogen) atoms. The Morgan fingerprint density at radius 2 is 1.75 bits per heavy atom. The van der Waals surface area contributed by atoms with E-state index in [0.717, 1.165) is 17.7 Å². The number of hydrogen-bond donors (Lipinski definition) is 4. The smallest absolute Gasteiger partial charge is 0.235 e. The molecular weight excluding hydrogens is 560 g/mol. The Bertz CT molecular complexity index is 1660. The number of aromatic hydroxyl groups is 1. The minimum Gasteiger partial charge on any atom is -0.507 e. The van der Waals surface area contributed by atoms with E-state index in [4.69, 9.17) is 5.73 Å². The lowest BCUT2D eigenvalue weighted by Crippen LogP contribution is -2.71. The maximum Gasteiger partial charge on any atom is 0.235 e. The number of carbonyl (C=O) groups is 5. The van der Waals surface area contributed by atoms with Crippen molar-refractivity contribution in [3.63, 3.8) is 0 Å². The number of phenolic OH excluding ortho intramolecular Hbond substituents is 1. The number of nitrogens with one attached hydrogen (secondary N) is 1. The molecule has 1 amide bonds. The van der Waals surface area contributed by atoms with Crippen LogP contribution >= 0.6 is 0 Å². The van der Waals surface area contributed by atoms with E-state index in [-0.39, 0.29) is 24.2 Å². The molecular formula is C35H36N2O7. The van der Waals surface area contributed by atoms with Crippen molar-refractivity contribution >= 4 is 34.6 Å². The average Bonchev–Trinajstić information content (AvgIpc) is 3.44. The second-order valence-electron chi connectivity index (χ2n) is 12.9. The van der Waals surface area contributed by atoms with Gasteiger partial charge in [-0.1, -0.05) is 68.0 Å². The van der Waals surface area contributed by atoms with Crippen molar-refractivity contribution in [3.8, 4) is 5.75 Å². The first-order valence-electron chi connectivity index (χ1n) is 15.1. The van der Waals surface area contributed by atoms with E-state index in [9.17, 15) is 34.2 Å². The molecule has 6 atom stereocenters. The summed E-state index contributed by atoms with van der Waals surface area (Å²) >= 11 is 0. The van der Waals surface area contributed by atoms with Gasteiger partial charge >= 0.3 is 0 Å². The number of rotatable bonds is 7. The van der Waals surface area contributed by atoms with Crippen molar-refractivity contribution in [1.82, 2.24) is 5.32 Å². The molecule has 0 bridgehead atoms. The predicted molar refractivity (Wildman–Crippen MR) is 161 cm³/mol. The van der Waals surface area contributed by atoms with Crippen LogP contribution in [0.15, 0.2) is 60.2 Å². The Kier molecular flexibility index (Phi) is 7.50. The number of benzene rings is 2. The van der Waals surface area contributed by atoms with Gasteiger partial charge in [-0.2, -0.15) is 0 Å². The van der Waals surface area contributed by atoms with Crippen molar-refractivity contribution in [2.24, 2.45) is 41.2 Å². The zero-order valence-corrected chi connectivity index (χ0v) is 24.7. The number of nitrogens with two attached hydrogens (primary N) is 1. The fourth-order valence-corrected chi connectivity index (χ4v) is 8.01. The van der Waals surface area contributed by atoms with Gasteiger partial charge in [-0.15, -0.1) is 0 Å². The van der Waals surface area contributed by atoms with Gasteiger partial charge in [0.15, 0.2) is 34.7 Å². The Hall–Kier alpha value is -4.21. The molecule has 5 N–H and O–H groups in total. The molecule has 9 nitrogen and oxygen atoms in total. The van der Waals surface area contributed by atoms with Gasteiger partial charge in [0.2, 0.25) is 5.91 Å². The molecule has 0 saturated heterocycles. The van der Waals surface area contributed by atoms with Crippen LogP contribution in [0.5, 0.6) is 5.75 Å². The molecule has 0 heterocycles. The normalized spacial score (nSPS) is 29.6. The van der Waals surface area contributed by atoms with Gasteiger partial charge in [-0.25, -0.2) is 0 Å². The number of amides is 1. The molecule has 2 aromatic rings. The fraction of sp³-hybridized carbons (Fsp3) is 0.400. The predicted octanol–water partition coefficient (Wildman–Crippen LogP) is 2.71. The van der Waals surface area contributed by atoms with Crippen molar-refractivity contribution in [1.29, 1.82) is 0 Å². The van der Waals surface area contributed by atoms with Gasteiger partial charge in [0.05, 0.1) is 11.5 Å². The molecule has 0 radical (unpaired) electrons. The quantitative estimate of drug-likeness (QED) is 0.355. The number of Topliss-reactive ketones (excluding diaryl/α,β-unsaturated/α-hetero) is 4. The maximum atomic E-state index is 14.0. The lowest BCUT2D eigenvalue weighted by molar-refractivity contribution is -0.182. The minimum absolute atomic E-state index is 0.0156. The summed E-state index contributed by atoms with van der Waals surface area (Å²) < 4.78 is 0. The molecule has 228 valence electrons. The number of allylic oxidation sites excluding steroid dienone is 3. The Balaban J connectivity index is 1.29. The van der Waals surface area contributed by atoms with E-state index in [2.05, 4.69) is 17.4 Å². The lowest BCUT2D eigenvalue weighted by atomic mass is 9.49. The second-order valence-corrected chi connectivity index (χ2v) is 12.9. The third kappa shape index (κ3) is 4.57. The van der Waals surface area contributed by atoms with Gasteiger partial charge in [0.25, 0.3) is 0 Å². The molecule has 0 aliphatic heterocycles. The molecule has 6 rings (SSSR count). The average molecular weight is 597 g/mol. The summed E-state index contributed by atoms with van der Waals surface area (Å²) in [6.07, 6.45) is 5.01. The first-order valence-corrected chi connectivity index (χ1v) is 15.1. The van der Waals surface area contributed by atoms with Gasteiger partial charge < -0.3 is 21.3 Å². The standard InChI is InChI=1S/C35H36N2O7/c1-17(2)26-24-14-21-13-23-22(20-9-8-19(12-20)16-37-15-18-6-4-3-5-7-18)10-11-25(38)28(23)31(40)27(21)32(41)35(24,44)33(42)29(30(26)39)34(36)43/h3-11,17,21,24,26-27,29,37-38,44H,12-16H2,1-2H3,(H2,36,43)/t21-,24-,26-,27?,29?,35-/m0/s1. The van der Waals surface area contributed by atoms with Crippen molar-refractivity contribution in [2.45, 2.75) is 45.3 Å². The summed E-state index contributed by atoms with van der Waals surface area (Å²) in [6.45, 7) is 4.87. The van der Waals surface area contributed by atoms with Crippen molar-refractivity contribution in [3.05, 3.63) is 82.4 Å². The van der Waals surface area contributed by atoms with Crippen LogP contribution in [0.1, 0.15) is 53.7 Å². The molecule has 0 aromatic heterocycles. The highest BCUT2D eigenvalue weighted by molar-refractivity contribution is 6.32. The second kappa shape index (κ2) is 11.1. The molecule has 2 fully saturated rings. The Morgan fingerprint density at radius 3 is 2.43 bits per heavy atom. The molecule has 4 aliphatic rings. The summed E-state index contributed by atoms with van der Waals surface area (Å²) in [5.41, 5.74) is 7.48. The largest absolute Gasteiger partial charge is 0.507 e. The number of carbonyl (C=O) groups excluding carboxylic acids is 5. The number of aliphatic hydroxyl groups is 1. The zero-order chi connectivity index (χ0) is 31.5. The van der Waals surface area contributed by atoms with Crippen LogP contribution in [-0.4, -0.2) is 51.4 Å². The SMILES string of the molecule is CC(C)[C@@H]1C(=O)C(C(N)=O)C(=O)[C@@]2(O)C(=O)C3C(=O)c4c(O)ccc(C5=CC=C(CNCc6ccccc6)C5)c4C[C@H]3C[C@@H]12. The van der Waals surface area contributed by atoms with Gasteiger partial charge in [-0.3, -0.25) is 24.0 Å². The molecule has 2 saturated carbocycles. The van der Waals surface area contributed by atoms with Gasteiger partial charge in [0, 0.05) is 24.9 Å². The third-order valence-corrected chi connectivity index (χ3v) is 10.0. The van der Waals surface area contributed by atoms with Crippen LogP contribution in [0.3, 0.4) is 0 Å². The summed E-state index contributed by atoms with van der Waals surface area (Å²) in [5.74, 6) is -11.5. The van der Waals surface area contributed by atoms with E-state index in [1.165, 1.54) is 17.2 Å². The topological polar surface area (TPSA) is 164 Å². The van der Waals surface area contributed by atoms with Crippen LogP contribution in [0.25, 0.3) is 5.57 Å². The Morgan fingerprint density at radius 1 is 1.02 bits per heavy atom. The lowest BCUT2D eigenvalue weighted by Gasteiger charge is -2.52. The van der Waals surface area contributed by atoms with Gasteiger partial charge in [0.1, 0.15) is 5.75 Å². The van der Waals surface area contributed by atoms with E-state index in [1.54, 1.807) is 19.9 Å². The fourth-order valence-electron chi connectivity index (χ4n) is 8.01. The first-order chi connectivity index (χ1) is 20.9. The number of primary amides is 1. The zero-order valence-electron chi connectivity index (χ0n) is 24.7. The Labute approximate surface area is 255 Å². The molecule has 0 spiro atoms.